The summed E-state index contributed by atoms with van der Waals surface area (Å²) < 4.78 is 39.4. The fourth-order valence-corrected chi connectivity index (χ4v) is 3.48. The summed E-state index contributed by atoms with van der Waals surface area (Å²) in [6.45, 7) is -1.38. The monoisotopic (exact) mass is 429 g/mol. The lowest BCUT2D eigenvalue weighted by atomic mass is 10.1. The quantitative estimate of drug-likeness (QED) is 0.519. The molecule has 0 atom stereocenters. The number of fused-ring (bicyclic) bond motifs is 1. The average Bonchev–Trinajstić information content (AvgIpc) is 3.44. The molecule has 5 rings (SSSR count). The van der Waals surface area contributed by atoms with Gasteiger partial charge in [-0.05, 0) is 18.9 Å². The Hall–Kier alpha value is -3.67. The fraction of sp³-hybridized carbons (Fsp3) is 0.316. The molecule has 1 N–H and O–H groups in total. The predicted molar refractivity (Wildman–Crippen MR) is 104 cm³/mol. The van der Waals surface area contributed by atoms with Gasteiger partial charge in [-0.1, -0.05) is 0 Å². The Morgan fingerprint density at radius 1 is 1.23 bits per heavy atom. The zero-order valence-corrected chi connectivity index (χ0v) is 16.1. The highest BCUT2D eigenvalue weighted by atomic mass is 19.3. The minimum atomic E-state index is -2.74. The van der Waals surface area contributed by atoms with E-state index in [0.29, 0.717) is 23.5 Å². The highest BCUT2D eigenvalue weighted by Crippen LogP contribution is 2.27. The van der Waals surface area contributed by atoms with Crippen LogP contribution in [0.3, 0.4) is 0 Å². The normalized spacial score (nSPS) is 15.1. The Kier molecular flexibility index (Phi) is 4.90. The van der Waals surface area contributed by atoms with Crippen molar-refractivity contribution in [2.75, 3.05) is 13.2 Å². The van der Waals surface area contributed by atoms with Crippen LogP contribution in [0.2, 0.25) is 0 Å². The first-order valence-electron chi connectivity index (χ1n) is 9.59. The molecular formula is C19H17F2N7O3. The van der Waals surface area contributed by atoms with E-state index in [1.165, 1.54) is 18.5 Å². The van der Waals surface area contributed by atoms with Crippen LogP contribution in [0.4, 0.5) is 8.78 Å². The molecule has 1 saturated heterocycles. The average molecular weight is 429 g/mol. The van der Waals surface area contributed by atoms with E-state index in [1.807, 2.05) is 0 Å². The summed E-state index contributed by atoms with van der Waals surface area (Å²) >= 11 is 0. The maximum absolute atomic E-state index is 12.9. The van der Waals surface area contributed by atoms with Crippen molar-refractivity contribution in [1.29, 1.82) is 0 Å². The van der Waals surface area contributed by atoms with Crippen LogP contribution in [-0.4, -0.2) is 47.5 Å². The van der Waals surface area contributed by atoms with Gasteiger partial charge in [0.05, 0.1) is 30.1 Å². The van der Waals surface area contributed by atoms with Crippen LogP contribution in [0.25, 0.3) is 22.3 Å². The van der Waals surface area contributed by atoms with E-state index >= 15 is 0 Å². The molecular weight excluding hydrogens is 412 g/mol. The second-order valence-electron chi connectivity index (χ2n) is 7.01. The maximum Gasteiger partial charge on any atom is 0.319 e. The van der Waals surface area contributed by atoms with Crippen LogP contribution in [0.5, 0.6) is 11.8 Å². The van der Waals surface area contributed by atoms with Crippen molar-refractivity contribution in [3.05, 3.63) is 47.5 Å². The number of H-pyrrole nitrogens is 1. The number of halogens is 2. The molecule has 1 aliphatic rings. The second kappa shape index (κ2) is 7.87. The first kappa shape index (κ1) is 19.3. The molecule has 1 fully saturated rings. The summed E-state index contributed by atoms with van der Waals surface area (Å²) in [4.78, 5) is 27.6. The van der Waals surface area contributed by atoms with Crippen LogP contribution < -0.4 is 10.3 Å². The highest BCUT2D eigenvalue weighted by Gasteiger charge is 2.18. The highest BCUT2D eigenvalue weighted by molar-refractivity contribution is 5.89. The van der Waals surface area contributed by atoms with E-state index in [2.05, 4.69) is 25.0 Å². The summed E-state index contributed by atoms with van der Waals surface area (Å²) in [7, 11) is 0. The van der Waals surface area contributed by atoms with Gasteiger partial charge in [-0.3, -0.25) is 24.0 Å². The van der Waals surface area contributed by atoms with Crippen LogP contribution in [-0.2, 0) is 4.74 Å². The van der Waals surface area contributed by atoms with Crippen LogP contribution >= 0.6 is 0 Å². The molecule has 0 bridgehead atoms. The molecule has 0 spiro atoms. The topological polar surface area (TPSA) is 113 Å². The van der Waals surface area contributed by atoms with Crippen molar-refractivity contribution in [2.24, 2.45) is 0 Å². The molecule has 31 heavy (non-hydrogen) atoms. The summed E-state index contributed by atoms with van der Waals surface area (Å²) in [6.07, 6.45) is 8.51. The van der Waals surface area contributed by atoms with E-state index in [-0.39, 0.29) is 34.3 Å². The number of hydrogen-bond acceptors (Lipinski definition) is 7. The van der Waals surface area contributed by atoms with Crippen LogP contribution in [0, 0.1) is 0 Å². The van der Waals surface area contributed by atoms with E-state index < -0.39 is 12.1 Å². The Balaban J connectivity index is 1.49. The Labute approximate surface area is 173 Å². The van der Waals surface area contributed by atoms with Crippen molar-refractivity contribution in [3.8, 4) is 23.1 Å². The van der Waals surface area contributed by atoms with E-state index in [9.17, 15) is 13.6 Å². The van der Waals surface area contributed by atoms with Crippen LogP contribution in [0.15, 0.2) is 42.0 Å². The van der Waals surface area contributed by atoms with E-state index in [4.69, 9.17) is 9.47 Å². The fourth-order valence-electron chi connectivity index (χ4n) is 3.48. The molecule has 0 amide bonds. The zero-order chi connectivity index (χ0) is 21.4. The maximum atomic E-state index is 12.9. The van der Waals surface area contributed by atoms with Crippen molar-refractivity contribution in [3.63, 3.8) is 0 Å². The molecule has 5 heterocycles. The number of nitrogens with zero attached hydrogens (tertiary/aromatic N) is 6. The summed E-state index contributed by atoms with van der Waals surface area (Å²) in [6, 6.07) is 1.64. The van der Waals surface area contributed by atoms with Gasteiger partial charge in [0.1, 0.15) is 16.9 Å². The molecule has 0 unspecified atom stereocenters. The standard InChI is InChI=1S/C19H17F2N7O3/c20-18(21)27-9-14(23-10-27)16-15-13(1-4-22-16)17(29)26-19(25-15)31-12-7-24-28(8-12)11-2-5-30-6-3-11/h1,4,7-11,18H,2-3,5-6H2,(H,25,26,29). The minimum Gasteiger partial charge on any atom is -0.422 e. The van der Waals surface area contributed by atoms with Gasteiger partial charge < -0.3 is 9.47 Å². The molecule has 0 saturated carbocycles. The first-order valence-corrected chi connectivity index (χ1v) is 9.59. The van der Waals surface area contributed by atoms with Gasteiger partial charge in [-0.15, -0.1) is 0 Å². The van der Waals surface area contributed by atoms with Crippen molar-refractivity contribution in [1.82, 2.24) is 34.3 Å². The third-order valence-electron chi connectivity index (χ3n) is 5.03. The van der Waals surface area contributed by atoms with Gasteiger partial charge in [0.2, 0.25) is 0 Å². The number of hydrogen-bond donors (Lipinski definition) is 1. The molecule has 0 aliphatic carbocycles. The molecule has 12 heteroatoms. The van der Waals surface area contributed by atoms with Crippen molar-refractivity contribution >= 4 is 10.9 Å². The lowest BCUT2D eigenvalue weighted by molar-refractivity contribution is 0.0662. The largest absolute Gasteiger partial charge is 0.422 e. The van der Waals surface area contributed by atoms with E-state index in [1.54, 1.807) is 10.9 Å². The van der Waals surface area contributed by atoms with E-state index in [0.717, 1.165) is 25.4 Å². The predicted octanol–water partition coefficient (Wildman–Crippen LogP) is 2.92. The first-order chi connectivity index (χ1) is 15.1. The summed E-state index contributed by atoms with van der Waals surface area (Å²) in [5.74, 6) is 0.404. The lowest BCUT2D eigenvalue weighted by Crippen LogP contribution is -2.19. The molecule has 1 aliphatic heterocycles. The van der Waals surface area contributed by atoms with Gasteiger partial charge in [0.15, 0.2) is 5.75 Å². The SMILES string of the molecule is O=c1[nH]c(Oc2cnn(C3CCOCC3)c2)nc2c(-c3cn(C(F)F)cn3)nccc12. The number of rotatable bonds is 5. The number of alkyl halides is 2. The second-order valence-corrected chi connectivity index (χ2v) is 7.01. The van der Waals surface area contributed by atoms with Gasteiger partial charge in [-0.25, -0.2) is 4.98 Å². The Morgan fingerprint density at radius 2 is 2.06 bits per heavy atom. The molecule has 10 nitrogen and oxygen atoms in total. The Bertz CT molecular complexity index is 1280. The number of aromatic amines is 1. The lowest BCUT2D eigenvalue weighted by Gasteiger charge is -2.21. The number of aromatic nitrogens is 7. The number of pyridine rings is 1. The molecule has 4 aromatic heterocycles. The van der Waals surface area contributed by atoms with Crippen molar-refractivity contribution < 1.29 is 18.3 Å². The number of nitrogens with one attached hydrogen (secondary N) is 1. The van der Waals surface area contributed by atoms with Crippen LogP contribution in [0.1, 0.15) is 25.4 Å². The zero-order valence-electron chi connectivity index (χ0n) is 16.1. The van der Waals surface area contributed by atoms with Gasteiger partial charge in [-0.2, -0.15) is 18.9 Å². The minimum absolute atomic E-state index is 0.0634. The Morgan fingerprint density at radius 3 is 2.84 bits per heavy atom. The molecule has 0 radical (unpaired) electrons. The smallest absolute Gasteiger partial charge is 0.319 e. The molecule has 0 aromatic carbocycles. The number of imidazole rings is 1. The molecule has 4 aromatic rings. The third kappa shape index (κ3) is 3.77. The summed E-state index contributed by atoms with van der Waals surface area (Å²) in [5.41, 5.74) is 0.111. The van der Waals surface area contributed by atoms with Gasteiger partial charge in [0.25, 0.3) is 5.56 Å². The summed E-state index contributed by atoms with van der Waals surface area (Å²) in [5, 5.41) is 4.56. The molecule has 160 valence electrons. The number of ether oxygens (including phenoxy) is 2. The van der Waals surface area contributed by atoms with Crippen molar-refractivity contribution in [2.45, 2.75) is 25.4 Å². The third-order valence-corrected chi connectivity index (χ3v) is 5.03. The van der Waals surface area contributed by atoms with Gasteiger partial charge in [0, 0.05) is 25.6 Å². The van der Waals surface area contributed by atoms with Gasteiger partial charge >= 0.3 is 12.6 Å².